The third kappa shape index (κ3) is 4.65. The van der Waals surface area contributed by atoms with Gasteiger partial charge in [-0.15, -0.1) is 0 Å². The van der Waals surface area contributed by atoms with Gasteiger partial charge in [-0.25, -0.2) is 0 Å². The standard InChI is InChI=1S/C21H31N3O2/c1-16(2)12-18(24-8-10-26-11-9-24)14-22-21(25)13-17-15-23(3)20-7-5-4-6-19(17)20/h4-7,15-16,18H,8-14H2,1-3H3,(H,22,25). The molecule has 1 fully saturated rings. The van der Waals surface area contributed by atoms with Crippen LogP contribution in [0.4, 0.5) is 0 Å². The molecule has 1 unspecified atom stereocenters. The lowest BCUT2D eigenvalue weighted by Gasteiger charge is -2.35. The highest BCUT2D eigenvalue weighted by Gasteiger charge is 2.22. The fourth-order valence-corrected chi connectivity index (χ4v) is 3.88. The molecule has 0 bridgehead atoms. The first kappa shape index (κ1) is 18.9. The van der Waals surface area contributed by atoms with E-state index in [4.69, 9.17) is 4.74 Å². The molecule has 142 valence electrons. The van der Waals surface area contributed by atoms with Crippen molar-refractivity contribution in [1.29, 1.82) is 0 Å². The molecule has 0 aliphatic carbocycles. The van der Waals surface area contributed by atoms with Crippen LogP contribution in [0.5, 0.6) is 0 Å². The second-order valence-corrected chi connectivity index (χ2v) is 7.69. The highest BCUT2D eigenvalue weighted by atomic mass is 16.5. The van der Waals surface area contributed by atoms with Crippen LogP contribution in [-0.2, 0) is 23.0 Å². The van der Waals surface area contributed by atoms with Gasteiger partial charge in [0.05, 0.1) is 19.6 Å². The molecule has 1 amide bonds. The zero-order chi connectivity index (χ0) is 18.5. The SMILES string of the molecule is CC(C)CC(CNC(=O)Cc1cn(C)c2ccccc12)N1CCOCC1. The Morgan fingerprint density at radius 3 is 2.69 bits per heavy atom. The Labute approximate surface area is 156 Å². The maximum absolute atomic E-state index is 12.6. The molecule has 1 atom stereocenters. The number of nitrogens with zero attached hydrogens (tertiary/aromatic N) is 2. The van der Waals surface area contributed by atoms with Crippen LogP contribution in [-0.4, -0.2) is 54.3 Å². The van der Waals surface area contributed by atoms with E-state index in [0.29, 0.717) is 24.9 Å². The number of benzene rings is 1. The van der Waals surface area contributed by atoms with E-state index in [1.54, 1.807) is 0 Å². The summed E-state index contributed by atoms with van der Waals surface area (Å²) in [6, 6.07) is 8.63. The van der Waals surface area contributed by atoms with Crippen molar-refractivity contribution in [2.24, 2.45) is 13.0 Å². The first-order valence-electron chi connectivity index (χ1n) is 9.66. The van der Waals surface area contributed by atoms with Crippen LogP contribution in [0.2, 0.25) is 0 Å². The van der Waals surface area contributed by atoms with E-state index in [1.807, 2.05) is 19.2 Å². The van der Waals surface area contributed by atoms with E-state index in [-0.39, 0.29) is 5.91 Å². The highest BCUT2D eigenvalue weighted by Crippen LogP contribution is 2.20. The predicted molar refractivity (Wildman–Crippen MR) is 105 cm³/mol. The summed E-state index contributed by atoms with van der Waals surface area (Å²) < 4.78 is 7.56. The first-order chi connectivity index (χ1) is 12.5. The summed E-state index contributed by atoms with van der Waals surface area (Å²) in [6.07, 6.45) is 3.59. The molecule has 1 aromatic carbocycles. The largest absolute Gasteiger partial charge is 0.379 e. The summed E-state index contributed by atoms with van der Waals surface area (Å²) in [5, 5.41) is 4.34. The quantitative estimate of drug-likeness (QED) is 0.828. The molecule has 1 saturated heterocycles. The molecule has 0 saturated carbocycles. The van der Waals surface area contributed by atoms with Crippen molar-refractivity contribution in [2.45, 2.75) is 32.7 Å². The minimum Gasteiger partial charge on any atom is -0.379 e. The molecule has 1 aliphatic heterocycles. The molecule has 1 aromatic heterocycles. The third-order valence-corrected chi connectivity index (χ3v) is 5.17. The van der Waals surface area contributed by atoms with Gasteiger partial charge in [0.15, 0.2) is 0 Å². The van der Waals surface area contributed by atoms with Crippen LogP contribution in [0, 0.1) is 5.92 Å². The van der Waals surface area contributed by atoms with Gasteiger partial charge in [-0.05, 0) is 24.0 Å². The van der Waals surface area contributed by atoms with Crippen LogP contribution in [0.1, 0.15) is 25.8 Å². The summed E-state index contributed by atoms with van der Waals surface area (Å²) in [5.74, 6) is 0.709. The van der Waals surface area contributed by atoms with Crippen LogP contribution < -0.4 is 5.32 Å². The van der Waals surface area contributed by atoms with Crippen molar-refractivity contribution >= 4 is 16.8 Å². The number of carbonyl (C=O) groups is 1. The number of aryl methyl sites for hydroxylation is 1. The fraction of sp³-hybridized carbons (Fsp3) is 0.571. The minimum atomic E-state index is 0.100. The number of rotatable bonds is 7. The average molecular weight is 357 g/mol. The van der Waals surface area contributed by atoms with Gasteiger partial charge in [-0.1, -0.05) is 32.0 Å². The molecular weight excluding hydrogens is 326 g/mol. The molecule has 0 radical (unpaired) electrons. The molecule has 5 nitrogen and oxygen atoms in total. The van der Waals surface area contributed by atoms with Gasteiger partial charge in [-0.2, -0.15) is 0 Å². The van der Waals surface area contributed by atoms with Gasteiger partial charge >= 0.3 is 0 Å². The van der Waals surface area contributed by atoms with E-state index in [2.05, 4.69) is 47.0 Å². The van der Waals surface area contributed by atoms with Gasteiger partial charge in [0.2, 0.25) is 5.91 Å². The molecule has 0 spiro atoms. The lowest BCUT2D eigenvalue weighted by molar-refractivity contribution is -0.120. The summed E-state index contributed by atoms with van der Waals surface area (Å²) in [7, 11) is 2.03. The van der Waals surface area contributed by atoms with Crippen LogP contribution >= 0.6 is 0 Å². The average Bonchev–Trinajstić information content (AvgIpc) is 2.95. The number of carbonyl (C=O) groups excluding carboxylic acids is 1. The molecule has 2 heterocycles. The van der Waals surface area contributed by atoms with Crippen LogP contribution in [0.3, 0.4) is 0 Å². The number of para-hydroxylation sites is 1. The monoisotopic (exact) mass is 357 g/mol. The Kier molecular flexibility index (Phi) is 6.33. The van der Waals surface area contributed by atoms with Gasteiger partial charge < -0.3 is 14.6 Å². The Bertz CT molecular complexity index is 732. The summed E-state index contributed by atoms with van der Waals surface area (Å²) in [5.41, 5.74) is 2.26. The Morgan fingerprint density at radius 1 is 1.23 bits per heavy atom. The molecule has 3 rings (SSSR count). The minimum absolute atomic E-state index is 0.100. The number of fused-ring (bicyclic) bond motifs is 1. The zero-order valence-electron chi connectivity index (χ0n) is 16.2. The number of hydrogen-bond donors (Lipinski definition) is 1. The summed E-state index contributed by atoms with van der Waals surface area (Å²) in [4.78, 5) is 15.0. The fourth-order valence-electron chi connectivity index (χ4n) is 3.88. The first-order valence-corrected chi connectivity index (χ1v) is 9.66. The summed E-state index contributed by atoms with van der Waals surface area (Å²) in [6.45, 7) is 8.68. The lowest BCUT2D eigenvalue weighted by Crippen LogP contribution is -2.49. The van der Waals surface area contributed by atoms with E-state index in [9.17, 15) is 4.79 Å². The predicted octanol–water partition coefficient (Wildman–Crippen LogP) is 2.58. The maximum Gasteiger partial charge on any atom is 0.224 e. The van der Waals surface area contributed by atoms with Crippen molar-refractivity contribution < 1.29 is 9.53 Å². The van der Waals surface area contributed by atoms with Crippen molar-refractivity contribution in [2.75, 3.05) is 32.8 Å². The van der Waals surface area contributed by atoms with Crippen molar-refractivity contribution in [3.8, 4) is 0 Å². The topological polar surface area (TPSA) is 46.5 Å². The van der Waals surface area contributed by atoms with Crippen LogP contribution in [0.15, 0.2) is 30.5 Å². The lowest BCUT2D eigenvalue weighted by atomic mass is 10.0. The maximum atomic E-state index is 12.6. The Morgan fingerprint density at radius 2 is 1.96 bits per heavy atom. The molecule has 5 heteroatoms. The van der Waals surface area contributed by atoms with Crippen molar-refractivity contribution in [3.63, 3.8) is 0 Å². The Hall–Kier alpha value is -1.85. The smallest absolute Gasteiger partial charge is 0.224 e. The number of nitrogens with one attached hydrogen (secondary N) is 1. The molecular formula is C21H31N3O2. The second-order valence-electron chi connectivity index (χ2n) is 7.69. The molecule has 1 N–H and O–H groups in total. The number of morpholine rings is 1. The van der Waals surface area contributed by atoms with Gasteiger partial charge in [0.1, 0.15) is 0 Å². The van der Waals surface area contributed by atoms with Gasteiger partial charge in [0, 0.05) is 49.8 Å². The van der Waals surface area contributed by atoms with Crippen molar-refractivity contribution in [3.05, 3.63) is 36.0 Å². The number of hydrogen-bond acceptors (Lipinski definition) is 3. The normalized spacial score (nSPS) is 16.9. The number of aromatic nitrogens is 1. The number of amides is 1. The highest BCUT2D eigenvalue weighted by molar-refractivity contribution is 5.89. The van der Waals surface area contributed by atoms with Crippen LogP contribution in [0.25, 0.3) is 10.9 Å². The van der Waals surface area contributed by atoms with E-state index < -0.39 is 0 Å². The Balaban J connectivity index is 1.60. The zero-order valence-corrected chi connectivity index (χ0v) is 16.2. The van der Waals surface area contributed by atoms with Gasteiger partial charge in [-0.3, -0.25) is 9.69 Å². The molecule has 1 aliphatic rings. The van der Waals surface area contributed by atoms with Crippen molar-refractivity contribution in [1.82, 2.24) is 14.8 Å². The molecule has 2 aromatic rings. The van der Waals surface area contributed by atoms with E-state index in [1.165, 1.54) is 5.52 Å². The van der Waals surface area contributed by atoms with E-state index in [0.717, 1.165) is 43.7 Å². The second kappa shape index (κ2) is 8.69. The summed E-state index contributed by atoms with van der Waals surface area (Å²) >= 11 is 0. The number of ether oxygens (including phenoxy) is 1. The van der Waals surface area contributed by atoms with Gasteiger partial charge in [0.25, 0.3) is 0 Å². The molecule has 26 heavy (non-hydrogen) atoms. The van der Waals surface area contributed by atoms with E-state index >= 15 is 0 Å². The third-order valence-electron chi connectivity index (χ3n) is 5.17.